The van der Waals surface area contributed by atoms with Crippen LogP contribution in [0.4, 0.5) is 5.69 Å². The number of phenolic OH excluding ortho intramolecular Hbond substituents is 1. The first-order valence-corrected chi connectivity index (χ1v) is 7.61. The van der Waals surface area contributed by atoms with Crippen molar-refractivity contribution >= 4 is 34.8 Å². The molecule has 3 nitrogen and oxygen atoms in total. The fourth-order valence-electron chi connectivity index (χ4n) is 2.67. The summed E-state index contributed by atoms with van der Waals surface area (Å²) >= 11 is 5.94. The molecule has 112 valence electrons. The zero-order valence-corrected chi connectivity index (χ0v) is 13.0. The number of hydrogen-bond donors (Lipinski definition) is 1. The number of halogens is 1. The number of carbonyl (C=O) groups excluding carboxylic acids is 1. The third kappa shape index (κ3) is 2.48. The van der Waals surface area contributed by atoms with E-state index >= 15 is 0 Å². The molecule has 0 atom stereocenters. The lowest BCUT2D eigenvalue weighted by Gasteiger charge is -2.15. The highest BCUT2D eigenvalue weighted by Gasteiger charge is 2.31. The minimum atomic E-state index is 0.00671. The number of carbonyl (C=O) groups is 1. The molecule has 1 N–H and O–H groups in total. The summed E-state index contributed by atoms with van der Waals surface area (Å²) in [6.07, 6.45) is 2.72. The van der Waals surface area contributed by atoms with Gasteiger partial charge in [-0.3, -0.25) is 4.79 Å². The lowest BCUT2D eigenvalue weighted by molar-refractivity contribution is -0.113. The molecule has 0 saturated carbocycles. The van der Waals surface area contributed by atoms with Crippen molar-refractivity contribution in [3.8, 4) is 5.75 Å². The van der Waals surface area contributed by atoms with Gasteiger partial charge in [-0.05, 0) is 36.3 Å². The van der Waals surface area contributed by atoms with Crippen LogP contribution in [0.1, 0.15) is 24.5 Å². The molecular weight excluding hydrogens is 298 g/mol. The zero-order valence-electron chi connectivity index (χ0n) is 12.2. The van der Waals surface area contributed by atoms with E-state index in [9.17, 15) is 9.90 Å². The van der Waals surface area contributed by atoms with Crippen molar-refractivity contribution in [1.82, 2.24) is 0 Å². The quantitative estimate of drug-likeness (QED) is 0.856. The summed E-state index contributed by atoms with van der Waals surface area (Å²) in [4.78, 5) is 14.5. The lowest BCUT2D eigenvalue weighted by atomic mass is 10.0. The van der Waals surface area contributed by atoms with Gasteiger partial charge in [-0.2, -0.15) is 0 Å². The van der Waals surface area contributed by atoms with Crippen LogP contribution in [0.15, 0.2) is 42.5 Å². The zero-order chi connectivity index (χ0) is 15.7. The number of benzene rings is 2. The molecule has 4 heteroatoms. The van der Waals surface area contributed by atoms with E-state index in [4.69, 9.17) is 11.6 Å². The summed E-state index contributed by atoms with van der Waals surface area (Å²) in [5.74, 6) is 0.0434. The van der Waals surface area contributed by atoms with E-state index in [0.717, 1.165) is 23.2 Å². The number of anilines is 1. The van der Waals surface area contributed by atoms with Gasteiger partial charge >= 0.3 is 0 Å². The molecule has 1 heterocycles. The minimum absolute atomic E-state index is 0.00671. The van der Waals surface area contributed by atoms with Gasteiger partial charge in [0, 0.05) is 17.7 Å². The van der Waals surface area contributed by atoms with Crippen molar-refractivity contribution in [2.24, 2.45) is 0 Å². The molecule has 2 aromatic carbocycles. The molecule has 0 radical (unpaired) electrons. The number of hydrogen-bond acceptors (Lipinski definition) is 2. The van der Waals surface area contributed by atoms with Gasteiger partial charge in [-0.15, -0.1) is 0 Å². The Balaban J connectivity index is 2.08. The summed E-state index contributed by atoms with van der Waals surface area (Å²) in [6, 6.07) is 12.7. The van der Waals surface area contributed by atoms with Crippen LogP contribution in [0.2, 0.25) is 5.02 Å². The average molecular weight is 314 g/mol. The number of aromatic hydroxyl groups is 1. The van der Waals surface area contributed by atoms with Crippen LogP contribution in [0, 0.1) is 0 Å². The normalized spacial score (nSPS) is 15.5. The van der Waals surface area contributed by atoms with Gasteiger partial charge in [0.1, 0.15) is 5.75 Å². The van der Waals surface area contributed by atoms with Gasteiger partial charge < -0.3 is 10.0 Å². The highest BCUT2D eigenvalue weighted by Crippen LogP contribution is 2.38. The topological polar surface area (TPSA) is 40.5 Å². The number of para-hydroxylation sites is 1. The summed E-state index contributed by atoms with van der Waals surface area (Å²) < 4.78 is 0. The maximum atomic E-state index is 12.7. The van der Waals surface area contributed by atoms with Crippen molar-refractivity contribution in [2.75, 3.05) is 11.4 Å². The molecule has 1 amide bonds. The van der Waals surface area contributed by atoms with Crippen molar-refractivity contribution < 1.29 is 9.90 Å². The second-order valence-corrected chi connectivity index (χ2v) is 5.65. The Morgan fingerprint density at radius 1 is 1.23 bits per heavy atom. The molecule has 1 aliphatic heterocycles. The van der Waals surface area contributed by atoms with Crippen LogP contribution in [0.25, 0.3) is 11.6 Å². The minimum Gasteiger partial charge on any atom is -0.506 e. The Morgan fingerprint density at radius 2 is 2.00 bits per heavy atom. The largest absolute Gasteiger partial charge is 0.506 e. The van der Waals surface area contributed by atoms with E-state index in [1.165, 1.54) is 6.07 Å². The molecule has 0 unspecified atom stereocenters. The molecule has 1 aliphatic rings. The third-order valence-corrected chi connectivity index (χ3v) is 3.99. The Hall–Kier alpha value is -2.26. The first kappa shape index (κ1) is 14.7. The van der Waals surface area contributed by atoms with Gasteiger partial charge in [-0.1, -0.05) is 42.8 Å². The Morgan fingerprint density at radius 3 is 2.73 bits per heavy atom. The number of phenols is 1. The van der Waals surface area contributed by atoms with E-state index in [1.54, 1.807) is 12.1 Å². The van der Waals surface area contributed by atoms with E-state index in [-0.39, 0.29) is 16.7 Å². The molecule has 22 heavy (non-hydrogen) atoms. The predicted molar refractivity (Wildman–Crippen MR) is 90.1 cm³/mol. The monoisotopic (exact) mass is 313 g/mol. The van der Waals surface area contributed by atoms with Crippen molar-refractivity contribution in [3.05, 3.63) is 58.6 Å². The fraction of sp³-hybridized carbons (Fsp3) is 0.167. The molecular formula is C18H16ClNO2. The predicted octanol–water partition coefficient (Wildman–Crippen LogP) is 4.34. The summed E-state index contributed by atoms with van der Waals surface area (Å²) in [6.45, 7) is 2.75. The van der Waals surface area contributed by atoms with E-state index in [0.29, 0.717) is 12.1 Å². The van der Waals surface area contributed by atoms with E-state index in [2.05, 4.69) is 6.92 Å². The molecule has 2 aromatic rings. The van der Waals surface area contributed by atoms with Crippen molar-refractivity contribution in [2.45, 2.75) is 13.3 Å². The van der Waals surface area contributed by atoms with Gasteiger partial charge in [0.25, 0.3) is 5.91 Å². The highest BCUT2D eigenvalue weighted by molar-refractivity contribution is 6.36. The Labute approximate surface area is 134 Å². The maximum Gasteiger partial charge on any atom is 0.258 e. The molecule has 0 saturated heterocycles. The molecule has 0 spiro atoms. The summed E-state index contributed by atoms with van der Waals surface area (Å²) in [5, 5.41) is 9.77. The van der Waals surface area contributed by atoms with Gasteiger partial charge in [-0.25, -0.2) is 0 Å². The first-order valence-electron chi connectivity index (χ1n) is 7.23. The first-order chi connectivity index (χ1) is 10.6. The van der Waals surface area contributed by atoms with Crippen LogP contribution in [0.3, 0.4) is 0 Å². The van der Waals surface area contributed by atoms with Crippen LogP contribution in [-0.4, -0.2) is 17.6 Å². The maximum absolute atomic E-state index is 12.7. The Bertz CT molecular complexity index is 767. The van der Waals surface area contributed by atoms with Crippen LogP contribution >= 0.6 is 11.6 Å². The highest BCUT2D eigenvalue weighted by atomic mass is 35.5. The second-order valence-electron chi connectivity index (χ2n) is 5.24. The van der Waals surface area contributed by atoms with Crippen LogP contribution in [0.5, 0.6) is 5.75 Å². The number of fused-ring (bicyclic) bond motifs is 1. The molecule has 0 bridgehead atoms. The standard InChI is InChI=1S/C18H16ClNO2/c1-2-9-20-16-6-4-3-5-13(16)14(18(20)22)10-12-7-8-17(21)15(19)11-12/h3-8,10-11,21H,2,9H2,1H3/b14-10-. The van der Waals surface area contributed by atoms with Gasteiger partial charge in [0.15, 0.2) is 0 Å². The summed E-state index contributed by atoms with van der Waals surface area (Å²) in [7, 11) is 0. The third-order valence-electron chi connectivity index (χ3n) is 3.69. The van der Waals surface area contributed by atoms with Gasteiger partial charge in [0.05, 0.1) is 10.7 Å². The smallest absolute Gasteiger partial charge is 0.258 e. The van der Waals surface area contributed by atoms with Crippen LogP contribution in [-0.2, 0) is 4.79 Å². The van der Waals surface area contributed by atoms with Gasteiger partial charge in [0.2, 0.25) is 0 Å². The van der Waals surface area contributed by atoms with E-state index < -0.39 is 0 Å². The number of nitrogens with zero attached hydrogens (tertiary/aromatic N) is 1. The fourth-order valence-corrected chi connectivity index (χ4v) is 2.86. The summed E-state index contributed by atoms with van der Waals surface area (Å²) in [5.41, 5.74) is 3.33. The van der Waals surface area contributed by atoms with E-state index in [1.807, 2.05) is 35.2 Å². The lowest BCUT2D eigenvalue weighted by Crippen LogP contribution is -2.26. The molecule has 3 rings (SSSR count). The molecule has 0 aliphatic carbocycles. The number of amides is 1. The second kappa shape index (κ2) is 5.85. The van der Waals surface area contributed by atoms with Crippen LogP contribution < -0.4 is 4.90 Å². The average Bonchev–Trinajstić information content (AvgIpc) is 2.77. The molecule has 0 fully saturated rings. The SMILES string of the molecule is CCCN1C(=O)/C(=C\c2ccc(O)c(Cl)c2)c2ccccc21. The number of rotatable bonds is 3. The Kier molecular flexibility index (Phi) is 3.90. The molecule has 0 aromatic heterocycles. The van der Waals surface area contributed by atoms with Crippen molar-refractivity contribution in [1.29, 1.82) is 0 Å². The van der Waals surface area contributed by atoms with Crippen molar-refractivity contribution in [3.63, 3.8) is 0 Å².